The van der Waals surface area contributed by atoms with Crippen molar-refractivity contribution in [3.63, 3.8) is 0 Å². The molecule has 2 heterocycles. The highest BCUT2D eigenvalue weighted by Crippen LogP contribution is 2.38. The zero-order chi connectivity index (χ0) is 14.0. The Hall–Kier alpha value is -0.610. The third kappa shape index (κ3) is 2.60. The molecule has 1 unspecified atom stereocenters. The second-order valence-electron chi connectivity index (χ2n) is 6.98. The van der Waals surface area contributed by atoms with Gasteiger partial charge in [0.2, 0.25) is 5.91 Å². The first kappa shape index (κ1) is 14.3. The number of carbonyl (C=O) groups excluding carboxylic acids is 1. The minimum Gasteiger partial charge on any atom is -0.341 e. The molecule has 3 rings (SSSR count). The van der Waals surface area contributed by atoms with Gasteiger partial charge in [-0.3, -0.25) is 9.69 Å². The average molecular weight is 279 g/mol. The van der Waals surface area contributed by atoms with Crippen LogP contribution in [0.2, 0.25) is 0 Å². The highest BCUT2D eigenvalue weighted by Gasteiger charge is 2.43. The predicted molar refractivity (Wildman–Crippen MR) is 80.4 cm³/mol. The number of carbonyl (C=O) groups is 1. The molecule has 0 aromatic heterocycles. The van der Waals surface area contributed by atoms with Crippen LogP contribution in [-0.2, 0) is 4.79 Å². The fraction of sp³-hybridized carbons (Fsp3) is 0.938. The van der Waals surface area contributed by atoms with Crippen LogP contribution in [-0.4, -0.2) is 54.5 Å². The summed E-state index contributed by atoms with van der Waals surface area (Å²) in [5, 5.41) is 0. The average Bonchev–Trinajstić information content (AvgIpc) is 3.17. The molecule has 0 radical (unpaired) electrons. The molecule has 1 aliphatic carbocycles. The van der Waals surface area contributed by atoms with Gasteiger partial charge in [0.1, 0.15) is 0 Å². The van der Waals surface area contributed by atoms with E-state index in [1.807, 2.05) is 0 Å². The van der Waals surface area contributed by atoms with Gasteiger partial charge in [-0.2, -0.15) is 0 Å². The van der Waals surface area contributed by atoms with Gasteiger partial charge >= 0.3 is 0 Å². The molecule has 20 heavy (non-hydrogen) atoms. The van der Waals surface area contributed by atoms with E-state index in [1.54, 1.807) is 0 Å². The fourth-order valence-electron chi connectivity index (χ4n) is 4.40. The highest BCUT2D eigenvalue weighted by atomic mass is 16.2. The summed E-state index contributed by atoms with van der Waals surface area (Å²) in [6.45, 7) is 4.89. The third-order valence-electron chi connectivity index (χ3n) is 5.76. The van der Waals surface area contributed by atoms with Crippen molar-refractivity contribution >= 4 is 5.91 Å². The number of rotatable bonds is 3. The van der Waals surface area contributed by atoms with Crippen molar-refractivity contribution in [1.29, 1.82) is 0 Å². The van der Waals surface area contributed by atoms with E-state index in [9.17, 15) is 4.79 Å². The summed E-state index contributed by atoms with van der Waals surface area (Å²) in [5.74, 6) is 0.362. The van der Waals surface area contributed by atoms with Gasteiger partial charge in [0.25, 0.3) is 0 Å². The van der Waals surface area contributed by atoms with Gasteiger partial charge in [-0.05, 0) is 45.2 Å². The molecule has 1 atom stereocenters. The van der Waals surface area contributed by atoms with Crippen LogP contribution in [0.3, 0.4) is 0 Å². The number of hydrogen-bond acceptors (Lipinski definition) is 3. The Morgan fingerprint density at radius 1 is 1.05 bits per heavy atom. The van der Waals surface area contributed by atoms with Gasteiger partial charge < -0.3 is 10.6 Å². The first-order valence-corrected chi connectivity index (χ1v) is 8.49. The summed E-state index contributed by atoms with van der Waals surface area (Å²) in [7, 11) is 0. The van der Waals surface area contributed by atoms with Crippen LogP contribution in [0.1, 0.15) is 51.4 Å². The minimum absolute atomic E-state index is 0.224. The van der Waals surface area contributed by atoms with Crippen LogP contribution in [0.15, 0.2) is 0 Å². The molecule has 0 bridgehead atoms. The van der Waals surface area contributed by atoms with E-state index in [1.165, 1.54) is 45.2 Å². The maximum Gasteiger partial charge on any atom is 0.230 e. The Balaban J connectivity index is 1.62. The monoisotopic (exact) mass is 279 g/mol. The topological polar surface area (TPSA) is 49.6 Å². The maximum absolute atomic E-state index is 12.9. The van der Waals surface area contributed by atoms with Crippen LogP contribution < -0.4 is 5.73 Å². The van der Waals surface area contributed by atoms with Gasteiger partial charge in [-0.15, -0.1) is 0 Å². The summed E-state index contributed by atoms with van der Waals surface area (Å²) in [6, 6.07) is 0.611. The molecule has 0 aromatic carbocycles. The molecule has 0 aromatic rings. The number of nitrogens with two attached hydrogens (primary N) is 1. The molecule has 1 saturated carbocycles. The van der Waals surface area contributed by atoms with Crippen LogP contribution in [0, 0.1) is 5.41 Å². The molecular formula is C16H29N3O. The lowest BCUT2D eigenvalue weighted by atomic mass is 9.73. The van der Waals surface area contributed by atoms with Gasteiger partial charge in [-0.1, -0.05) is 19.3 Å². The molecule has 2 saturated heterocycles. The van der Waals surface area contributed by atoms with E-state index in [-0.39, 0.29) is 5.41 Å². The summed E-state index contributed by atoms with van der Waals surface area (Å²) < 4.78 is 0. The normalized spacial score (nSPS) is 30.9. The van der Waals surface area contributed by atoms with Crippen molar-refractivity contribution in [3.05, 3.63) is 0 Å². The molecule has 3 aliphatic rings. The predicted octanol–water partition coefficient (Wildman–Crippen LogP) is 1.59. The quantitative estimate of drug-likeness (QED) is 0.853. The smallest absolute Gasteiger partial charge is 0.230 e. The minimum atomic E-state index is -0.224. The first-order valence-electron chi connectivity index (χ1n) is 8.49. The van der Waals surface area contributed by atoms with Crippen molar-refractivity contribution in [3.8, 4) is 0 Å². The van der Waals surface area contributed by atoms with Crippen molar-refractivity contribution in [2.24, 2.45) is 11.1 Å². The molecular weight excluding hydrogens is 250 g/mol. The van der Waals surface area contributed by atoms with Crippen LogP contribution in [0.4, 0.5) is 0 Å². The van der Waals surface area contributed by atoms with Gasteiger partial charge in [0.05, 0.1) is 5.41 Å². The lowest BCUT2D eigenvalue weighted by Gasteiger charge is -2.38. The Labute approximate surface area is 122 Å². The van der Waals surface area contributed by atoms with E-state index in [2.05, 4.69) is 9.80 Å². The van der Waals surface area contributed by atoms with Gasteiger partial charge in [0.15, 0.2) is 0 Å². The number of nitrogens with zero attached hydrogens (tertiary/aromatic N) is 2. The molecule has 2 N–H and O–H groups in total. The van der Waals surface area contributed by atoms with Crippen molar-refractivity contribution in [1.82, 2.24) is 9.80 Å². The maximum atomic E-state index is 12.9. The number of amides is 1. The molecule has 3 fully saturated rings. The van der Waals surface area contributed by atoms with E-state index < -0.39 is 0 Å². The Bertz CT molecular complexity index is 346. The van der Waals surface area contributed by atoms with E-state index in [0.717, 1.165) is 32.4 Å². The second-order valence-corrected chi connectivity index (χ2v) is 6.98. The summed E-state index contributed by atoms with van der Waals surface area (Å²) in [6.07, 6.45) is 9.45. The van der Waals surface area contributed by atoms with E-state index in [4.69, 9.17) is 5.73 Å². The Morgan fingerprint density at radius 3 is 2.40 bits per heavy atom. The summed E-state index contributed by atoms with van der Waals surface area (Å²) in [5.41, 5.74) is 5.78. The molecule has 1 amide bonds. The van der Waals surface area contributed by atoms with Gasteiger partial charge in [0, 0.05) is 25.7 Å². The highest BCUT2D eigenvalue weighted by molar-refractivity contribution is 5.83. The zero-order valence-corrected chi connectivity index (χ0v) is 12.6. The van der Waals surface area contributed by atoms with Crippen molar-refractivity contribution in [2.75, 3.05) is 32.7 Å². The lowest BCUT2D eigenvalue weighted by molar-refractivity contribution is -0.142. The zero-order valence-electron chi connectivity index (χ0n) is 12.6. The Morgan fingerprint density at radius 2 is 1.75 bits per heavy atom. The third-order valence-corrected chi connectivity index (χ3v) is 5.76. The van der Waals surface area contributed by atoms with E-state index in [0.29, 0.717) is 18.5 Å². The Kier molecular flexibility index (Phi) is 4.32. The SMILES string of the molecule is NCC1(C(=O)N2CCC(N3CCCC3)C2)CCCCC1. The van der Waals surface area contributed by atoms with Gasteiger partial charge in [-0.25, -0.2) is 0 Å². The molecule has 2 aliphatic heterocycles. The fourth-order valence-corrected chi connectivity index (χ4v) is 4.40. The van der Waals surface area contributed by atoms with Crippen LogP contribution in [0.25, 0.3) is 0 Å². The number of likely N-dealkylation sites (tertiary alicyclic amines) is 2. The molecule has 4 nitrogen and oxygen atoms in total. The molecule has 4 heteroatoms. The van der Waals surface area contributed by atoms with E-state index >= 15 is 0 Å². The molecule has 0 spiro atoms. The van der Waals surface area contributed by atoms with Crippen LogP contribution >= 0.6 is 0 Å². The lowest BCUT2D eigenvalue weighted by Crippen LogP contribution is -2.49. The van der Waals surface area contributed by atoms with Crippen molar-refractivity contribution < 1.29 is 4.79 Å². The molecule has 114 valence electrons. The number of hydrogen-bond donors (Lipinski definition) is 1. The first-order chi connectivity index (χ1) is 9.75. The summed E-state index contributed by atoms with van der Waals surface area (Å²) in [4.78, 5) is 17.7. The van der Waals surface area contributed by atoms with Crippen molar-refractivity contribution in [2.45, 2.75) is 57.4 Å². The standard InChI is InChI=1S/C16H29N3O/c17-13-16(7-2-1-3-8-16)15(20)19-11-6-14(12-19)18-9-4-5-10-18/h14H,1-13,17H2. The van der Waals surface area contributed by atoms with Crippen LogP contribution in [0.5, 0.6) is 0 Å². The second kappa shape index (κ2) is 6.02. The summed E-state index contributed by atoms with van der Waals surface area (Å²) >= 11 is 0. The largest absolute Gasteiger partial charge is 0.341 e.